The summed E-state index contributed by atoms with van der Waals surface area (Å²) in [6.07, 6.45) is 0.734. The van der Waals surface area contributed by atoms with Crippen LogP contribution in [0.3, 0.4) is 0 Å². The van der Waals surface area contributed by atoms with Crippen LogP contribution < -0.4 is 9.47 Å². The van der Waals surface area contributed by atoms with E-state index in [0.717, 1.165) is 25.8 Å². The predicted octanol–water partition coefficient (Wildman–Crippen LogP) is 6.61. The van der Waals surface area contributed by atoms with E-state index in [1.54, 1.807) is 21.0 Å². The molecule has 0 aliphatic rings. The second-order valence-electron chi connectivity index (χ2n) is 7.76. The number of halogens is 2. The molecule has 0 aliphatic heterocycles. The largest absolute Gasteiger partial charge is 0.496 e. The fourth-order valence-electron chi connectivity index (χ4n) is 2.69. The molecule has 0 aromatic heterocycles. The highest BCUT2D eigenvalue weighted by Crippen LogP contribution is 2.40. The van der Waals surface area contributed by atoms with Gasteiger partial charge >= 0.3 is 5.97 Å². The molecule has 8 heteroatoms. The van der Waals surface area contributed by atoms with Gasteiger partial charge < -0.3 is 19.0 Å². The molecule has 0 spiro atoms. The molecule has 0 amide bonds. The molecule has 168 valence electrons. The van der Waals surface area contributed by atoms with Gasteiger partial charge in [-0.25, -0.2) is 4.79 Å². The summed E-state index contributed by atoms with van der Waals surface area (Å²) in [5.41, 5.74) is 1.71. The molecule has 2 aromatic rings. The lowest BCUT2D eigenvalue weighted by atomic mass is 9.86. The molecule has 1 unspecified atom stereocenters. The third-order valence-electron chi connectivity index (χ3n) is 4.26. The van der Waals surface area contributed by atoms with Crippen molar-refractivity contribution < 1.29 is 23.8 Å². The van der Waals surface area contributed by atoms with E-state index in [1.807, 2.05) is 30.3 Å². The number of rotatable bonds is 8. The van der Waals surface area contributed by atoms with Crippen molar-refractivity contribution in [3.63, 3.8) is 0 Å². The van der Waals surface area contributed by atoms with Crippen LogP contribution in [0.1, 0.15) is 45.7 Å². The number of nitrogens with zero attached hydrogens (tertiary/aromatic N) is 1. The fraction of sp³-hybridized carbons (Fsp3) is 0.391. The molecule has 0 radical (unpaired) electrons. The molecule has 2 aromatic carbocycles. The van der Waals surface area contributed by atoms with Gasteiger partial charge in [0.2, 0.25) is 6.10 Å². The van der Waals surface area contributed by atoms with Gasteiger partial charge in [-0.3, -0.25) is 0 Å². The lowest BCUT2D eigenvalue weighted by Crippen LogP contribution is -2.21. The van der Waals surface area contributed by atoms with Gasteiger partial charge in [0.1, 0.15) is 11.5 Å². The Morgan fingerprint density at radius 1 is 1.16 bits per heavy atom. The van der Waals surface area contributed by atoms with Crippen molar-refractivity contribution in [2.75, 3.05) is 13.7 Å². The van der Waals surface area contributed by atoms with Crippen LogP contribution in [0.15, 0.2) is 44.4 Å². The zero-order valence-corrected chi connectivity index (χ0v) is 21.7. The molecule has 0 fully saturated rings. The minimum absolute atomic E-state index is 0.0970. The zero-order chi connectivity index (χ0) is 23.2. The Balaban J connectivity index is 2.20. The van der Waals surface area contributed by atoms with E-state index in [9.17, 15) is 4.79 Å². The van der Waals surface area contributed by atoms with Crippen molar-refractivity contribution in [1.82, 2.24) is 0 Å². The molecule has 0 heterocycles. The lowest BCUT2D eigenvalue weighted by Gasteiger charge is -2.23. The Labute approximate surface area is 200 Å². The van der Waals surface area contributed by atoms with E-state index in [1.165, 1.54) is 6.21 Å². The Bertz CT molecular complexity index is 930. The molecule has 0 bridgehead atoms. The molecule has 0 N–H and O–H groups in total. The molecule has 0 aliphatic carbocycles. The lowest BCUT2D eigenvalue weighted by molar-refractivity contribution is -0.155. The first-order chi connectivity index (χ1) is 14.6. The number of ether oxygens (including phenoxy) is 3. The van der Waals surface area contributed by atoms with Crippen LogP contribution in [0.5, 0.6) is 17.2 Å². The quantitative estimate of drug-likeness (QED) is 0.208. The van der Waals surface area contributed by atoms with E-state index in [-0.39, 0.29) is 5.41 Å². The molecule has 2 rings (SSSR count). The normalized spacial score (nSPS) is 12.5. The van der Waals surface area contributed by atoms with Gasteiger partial charge in [-0.1, -0.05) is 25.9 Å². The number of esters is 1. The van der Waals surface area contributed by atoms with Gasteiger partial charge in [0.05, 0.1) is 28.9 Å². The Morgan fingerprint density at radius 2 is 1.81 bits per heavy atom. The Kier molecular flexibility index (Phi) is 8.94. The number of carbonyl (C=O) groups excluding carboxylic acids is 1. The number of hydrogen-bond donors (Lipinski definition) is 0. The van der Waals surface area contributed by atoms with E-state index in [0.29, 0.717) is 18.1 Å². The summed E-state index contributed by atoms with van der Waals surface area (Å²) in [5.74, 6) is 1.68. The predicted molar refractivity (Wildman–Crippen MR) is 128 cm³/mol. The minimum atomic E-state index is -0.780. The maximum Gasteiger partial charge on any atom is 0.349 e. The molecular weight excluding hydrogens is 530 g/mol. The first-order valence-corrected chi connectivity index (χ1v) is 11.4. The smallest absolute Gasteiger partial charge is 0.349 e. The SMILES string of the molecule is CCOC(=O)C(C)ON=Cc1cc(Br)c(Oc2ccc(OC)c(C(C)(C)C)c2)c(Br)c1. The van der Waals surface area contributed by atoms with Crippen LogP contribution in [-0.4, -0.2) is 32.0 Å². The van der Waals surface area contributed by atoms with E-state index in [4.69, 9.17) is 19.0 Å². The average Bonchev–Trinajstić information content (AvgIpc) is 2.70. The summed E-state index contributed by atoms with van der Waals surface area (Å²) in [6.45, 7) is 9.99. The highest BCUT2D eigenvalue weighted by Gasteiger charge is 2.20. The van der Waals surface area contributed by atoms with Gasteiger partial charge in [-0.15, -0.1) is 0 Å². The van der Waals surface area contributed by atoms with Crippen molar-refractivity contribution in [1.29, 1.82) is 0 Å². The van der Waals surface area contributed by atoms with E-state index in [2.05, 4.69) is 57.8 Å². The molecule has 31 heavy (non-hydrogen) atoms. The van der Waals surface area contributed by atoms with Crippen molar-refractivity contribution in [2.45, 2.75) is 46.1 Å². The molecule has 6 nitrogen and oxygen atoms in total. The fourth-order valence-corrected chi connectivity index (χ4v) is 4.08. The summed E-state index contributed by atoms with van der Waals surface area (Å²) in [7, 11) is 1.66. The topological polar surface area (TPSA) is 66.4 Å². The Hall–Kier alpha value is -2.06. The van der Waals surface area contributed by atoms with Crippen LogP contribution in [0.4, 0.5) is 0 Å². The maximum atomic E-state index is 11.6. The van der Waals surface area contributed by atoms with Crippen molar-refractivity contribution in [3.05, 3.63) is 50.4 Å². The van der Waals surface area contributed by atoms with Crippen molar-refractivity contribution >= 4 is 44.0 Å². The molecule has 1 atom stereocenters. The van der Waals surface area contributed by atoms with Gasteiger partial charge in [0, 0.05) is 5.56 Å². The highest BCUT2D eigenvalue weighted by molar-refractivity contribution is 9.11. The second-order valence-corrected chi connectivity index (χ2v) is 9.47. The second kappa shape index (κ2) is 11.0. The Morgan fingerprint density at radius 3 is 2.35 bits per heavy atom. The molecule has 0 saturated heterocycles. The van der Waals surface area contributed by atoms with Crippen LogP contribution >= 0.6 is 31.9 Å². The van der Waals surface area contributed by atoms with E-state index < -0.39 is 12.1 Å². The third kappa shape index (κ3) is 6.97. The molecule has 0 saturated carbocycles. The van der Waals surface area contributed by atoms with Crippen LogP contribution in [0, 0.1) is 0 Å². The van der Waals surface area contributed by atoms with Crippen LogP contribution in [-0.2, 0) is 19.8 Å². The van der Waals surface area contributed by atoms with Gasteiger partial charge in [0.15, 0.2) is 5.75 Å². The summed E-state index contributed by atoms with van der Waals surface area (Å²) in [6, 6.07) is 9.44. The average molecular weight is 557 g/mol. The number of carbonyl (C=O) groups is 1. The number of oxime groups is 1. The first-order valence-electron chi connectivity index (χ1n) is 9.78. The van der Waals surface area contributed by atoms with Crippen LogP contribution in [0.2, 0.25) is 0 Å². The summed E-state index contributed by atoms with van der Waals surface area (Å²) in [4.78, 5) is 16.7. The molecular formula is C23H27Br2NO5. The van der Waals surface area contributed by atoms with Gasteiger partial charge in [-0.2, -0.15) is 0 Å². The minimum Gasteiger partial charge on any atom is -0.496 e. The van der Waals surface area contributed by atoms with Gasteiger partial charge in [-0.05, 0) is 87.0 Å². The summed E-state index contributed by atoms with van der Waals surface area (Å²) >= 11 is 7.10. The van der Waals surface area contributed by atoms with Crippen molar-refractivity contribution in [2.24, 2.45) is 5.16 Å². The maximum absolute atomic E-state index is 11.6. The van der Waals surface area contributed by atoms with Gasteiger partial charge in [0.25, 0.3) is 0 Å². The number of benzene rings is 2. The zero-order valence-electron chi connectivity index (χ0n) is 18.5. The number of hydrogen-bond acceptors (Lipinski definition) is 6. The third-order valence-corrected chi connectivity index (χ3v) is 5.44. The number of methoxy groups -OCH3 is 1. The van der Waals surface area contributed by atoms with Crippen LogP contribution in [0.25, 0.3) is 0 Å². The van der Waals surface area contributed by atoms with E-state index >= 15 is 0 Å². The standard InChI is InChI=1S/C23H27Br2NO5/c1-7-29-22(27)14(2)31-26-13-15-10-18(24)21(19(25)11-15)30-16-8-9-20(28-6)17(12-16)23(3,4)5/h8-14H,7H2,1-6H3. The first kappa shape index (κ1) is 25.2. The summed E-state index contributed by atoms with van der Waals surface area (Å²) < 4.78 is 18.0. The highest BCUT2D eigenvalue weighted by atomic mass is 79.9. The monoisotopic (exact) mass is 555 g/mol. The van der Waals surface area contributed by atoms with Crippen molar-refractivity contribution in [3.8, 4) is 17.2 Å². The summed E-state index contributed by atoms with van der Waals surface area (Å²) in [5, 5.41) is 3.88.